The molecule has 19 heavy (non-hydrogen) atoms. The number of hydrogen-bond donors (Lipinski definition) is 1. The van der Waals surface area contributed by atoms with Crippen molar-refractivity contribution in [2.24, 2.45) is 5.92 Å². The van der Waals surface area contributed by atoms with E-state index in [1.165, 1.54) is 11.1 Å². The number of rotatable bonds is 7. The molecule has 0 fully saturated rings. The first-order valence-electron chi connectivity index (χ1n) is 7.24. The summed E-state index contributed by atoms with van der Waals surface area (Å²) in [5.74, 6) is 1.61. The van der Waals surface area contributed by atoms with Gasteiger partial charge in [-0.2, -0.15) is 0 Å². The van der Waals surface area contributed by atoms with Crippen LogP contribution in [0, 0.1) is 5.92 Å². The van der Waals surface area contributed by atoms with E-state index >= 15 is 0 Å². The van der Waals surface area contributed by atoms with Crippen LogP contribution in [0.4, 0.5) is 0 Å². The minimum atomic E-state index is 0.394. The zero-order valence-corrected chi connectivity index (χ0v) is 12.2. The minimum absolute atomic E-state index is 0.394. The van der Waals surface area contributed by atoms with Gasteiger partial charge in [-0.15, -0.1) is 0 Å². The first-order valence-corrected chi connectivity index (χ1v) is 7.24. The van der Waals surface area contributed by atoms with Gasteiger partial charge in [0.2, 0.25) is 0 Å². The van der Waals surface area contributed by atoms with E-state index in [0.717, 1.165) is 38.3 Å². The molecule has 2 atom stereocenters. The molecule has 3 heteroatoms. The van der Waals surface area contributed by atoms with Crippen molar-refractivity contribution in [2.75, 3.05) is 26.9 Å². The maximum absolute atomic E-state index is 5.58. The number of methoxy groups -OCH3 is 1. The highest BCUT2D eigenvalue weighted by atomic mass is 16.5. The lowest BCUT2D eigenvalue weighted by atomic mass is 9.91. The van der Waals surface area contributed by atoms with Crippen LogP contribution < -0.4 is 10.1 Å². The first kappa shape index (κ1) is 14.4. The summed E-state index contributed by atoms with van der Waals surface area (Å²) in [5, 5.41) is 3.60. The van der Waals surface area contributed by atoms with Crippen LogP contribution >= 0.6 is 0 Å². The second-order valence-electron chi connectivity index (χ2n) is 5.26. The molecule has 0 spiro atoms. The highest BCUT2D eigenvalue weighted by molar-refractivity contribution is 5.40. The molecule has 1 aliphatic heterocycles. The van der Waals surface area contributed by atoms with Gasteiger partial charge < -0.3 is 14.8 Å². The van der Waals surface area contributed by atoms with Crippen molar-refractivity contribution >= 4 is 0 Å². The highest BCUT2D eigenvalue weighted by Crippen LogP contribution is 2.31. The summed E-state index contributed by atoms with van der Waals surface area (Å²) in [6.07, 6.45) is 2.11. The largest absolute Gasteiger partial charge is 0.493 e. The summed E-state index contributed by atoms with van der Waals surface area (Å²) in [6, 6.07) is 7.01. The summed E-state index contributed by atoms with van der Waals surface area (Å²) in [4.78, 5) is 0. The Morgan fingerprint density at radius 3 is 3.00 bits per heavy atom. The quantitative estimate of drug-likeness (QED) is 0.820. The van der Waals surface area contributed by atoms with Crippen LogP contribution in [0.1, 0.15) is 37.4 Å². The van der Waals surface area contributed by atoms with E-state index in [0.29, 0.717) is 12.0 Å². The molecular weight excluding hydrogens is 238 g/mol. The number of hydrogen-bond acceptors (Lipinski definition) is 3. The van der Waals surface area contributed by atoms with Gasteiger partial charge in [-0.05, 0) is 36.1 Å². The lowest BCUT2D eigenvalue weighted by Crippen LogP contribution is -2.27. The van der Waals surface area contributed by atoms with Gasteiger partial charge in [0.15, 0.2) is 0 Å². The second kappa shape index (κ2) is 6.92. The maximum Gasteiger partial charge on any atom is 0.122 e. The molecule has 2 rings (SSSR count). The Hall–Kier alpha value is -1.06. The SMILES string of the molecule is CCNC(c1ccc2c(c1)CCO2)C(C)CCOC. The Morgan fingerprint density at radius 2 is 2.26 bits per heavy atom. The third-order valence-electron chi connectivity index (χ3n) is 3.84. The summed E-state index contributed by atoms with van der Waals surface area (Å²) in [5.41, 5.74) is 2.72. The molecule has 1 heterocycles. The maximum atomic E-state index is 5.58. The van der Waals surface area contributed by atoms with E-state index in [-0.39, 0.29) is 0 Å². The molecule has 1 aromatic carbocycles. The third-order valence-corrected chi connectivity index (χ3v) is 3.84. The molecule has 0 radical (unpaired) electrons. The molecule has 106 valence electrons. The molecule has 0 saturated heterocycles. The van der Waals surface area contributed by atoms with Crippen LogP contribution in [-0.2, 0) is 11.2 Å². The van der Waals surface area contributed by atoms with Crippen molar-refractivity contribution in [3.63, 3.8) is 0 Å². The van der Waals surface area contributed by atoms with Crippen molar-refractivity contribution < 1.29 is 9.47 Å². The lowest BCUT2D eigenvalue weighted by molar-refractivity contribution is 0.170. The van der Waals surface area contributed by atoms with Crippen LogP contribution in [-0.4, -0.2) is 26.9 Å². The van der Waals surface area contributed by atoms with Gasteiger partial charge in [-0.25, -0.2) is 0 Å². The van der Waals surface area contributed by atoms with Crippen LogP contribution in [0.3, 0.4) is 0 Å². The molecule has 1 N–H and O–H groups in total. The summed E-state index contributed by atoms with van der Waals surface area (Å²) < 4.78 is 10.8. The van der Waals surface area contributed by atoms with Gasteiger partial charge in [0.1, 0.15) is 5.75 Å². The van der Waals surface area contributed by atoms with Crippen LogP contribution in [0.15, 0.2) is 18.2 Å². The van der Waals surface area contributed by atoms with E-state index in [1.54, 1.807) is 7.11 Å². The molecule has 2 unspecified atom stereocenters. The van der Waals surface area contributed by atoms with Crippen LogP contribution in [0.25, 0.3) is 0 Å². The molecule has 3 nitrogen and oxygen atoms in total. The Kier molecular flexibility index (Phi) is 5.23. The van der Waals surface area contributed by atoms with E-state index in [2.05, 4.69) is 37.4 Å². The fourth-order valence-corrected chi connectivity index (χ4v) is 2.74. The van der Waals surface area contributed by atoms with Crippen molar-refractivity contribution in [1.29, 1.82) is 0 Å². The Morgan fingerprint density at radius 1 is 1.42 bits per heavy atom. The van der Waals surface area contributed by atoms with Gasteiger partial charge >= 0.3 is 0 Å². The van der Waals surface area contributed by atoms with Gasteiger partial charge in [0, 0.05) is 26.2 Å². The zero-order valence-electron chi connectivity index (χ0n) is 12.2. The minimum Gasteiger partial charge on any atom is -0.493 e. The Labute approximate surface area is 116 Å². The molecular formula is C16H25NO2. The van der Waals surface area contributed by atoms with Gasteiger partial charge in [0.25, 0.3) is 0 Å². The van der Waals surface area contributed by atoms with Gasteiger partial charge in [-0.1, -0.05) is 26.0 Å². The highest BCUT2D eigenvalue weighted by Gasteiger charge is 2.21. The predicted molar refractivity (Wildman–Crippen MR) is 77.7 cm³/mol. The number of benzene rings is 1. The number of nitrogens with one attached hydrogen (secondary N) is 1. The topological polar surface area (TPSA) is 30.5 Å². The van der Waals surface area contributed by atoms with Crippen LogP contribution in [0.5, 0.6) is 5.75 Å². The Bertz CT molecular complexity index is 406. The molecule has 0 amide bonds. The normalized spacial score (nSPS) is 16.8. The van der Waals surface area contributed by atoms with E-state index in [4.69, 9.17) is 9.47 Å². The van der Waals surface area contributed by atoms with Crippen LogP contribution in [0.2, 0.25) is 0 Å². The van der Waals surface area contributed by atoms with E-state index in [9.17, 15) is 0 Å². The van der Waals surface area contributed by atoms with Crippen molar-refractivity contribution in [2.45, 2.75) is 32.7 Å². The van der Waals surface area contributed by atoms with E-state index in [1.807, 2.05) is 0 Å². The molecule has 1 aliphatic rings. The standard InChI is InChI=1S/C16H25NO2/c1-4-17-16(12(2)7-9-18-3)14-5-6-15-13(11-14)8-10-19-15/h5-6,11-12,16-17H,4,7-10H2,1-3H3. The number of ether oxygens (including phenoxy) is 2. The predicted octanol–water partition coefficient (Wildman–Crippen LogP) is 2.94. The van der Waals surface area contributed by atoms with Gasteiger partial charge in [0.05, 0.1) is 6.61 Å². The molecule has 0 aromatic heterocycles. The van der Waals surface area contributed by atoms with Crippen molar-refractivity contribution in [3.8, 4) is 5.75 Å². The summed E-state index contributed by atoms with van der Waals surface area (Å²) >= 11 is 0. The molecule has 0 saturated carbocycles. The molecule has 1 aromatic rings. The van der Waals surface area contributed by atoms with Crippen molar-refractivity contribution in [3.05, 3.63) is 29.3 Å². The zero-order chi connectivity index (χ0) is 13.7. The fourth-order valence-electron chi connectivity index (χ4n) is 2.74. The smallest absolute Gasteiger partial charge is 0.122 e. The fraction of sp³-hybridized carbons (Fsp3) is 0.625. The Balaban J connectivity index is 2.13. The summed E-state index contributed by atoms with van der Waals surface area (Å²) in [6.45, 7) is 7.07. The average molecular weight is 263 g/mol. The molecule has 0 bridgehead atoms. The second-order valence-corrected chi connectivity index (χ2v) is 5.26. The van der Waals surface area contributed by atoms with Gasteiger partial charge in [-0.3, -0.25) is 0 Å². The van der Waals surface area contributed by atoms with E-state index < -0.39 is 0 Å². The third kappa shape index (κ3) is 3.48. The van der Waals surface area contributed by atoms with Crippen molar-refractivity contribution in [1.82, 2.24) is 5.32 Å². The lowest BCUT2D eigenvalue weighted by Gasteiger charge is -2.25. The average Bonchev–Trinajstić information content (AvgIpc) is 2.89. The number of fused-ring (bicyclic) bond motifs is 1. The summed E-state index contributed by atoms with van der Waals surface area (Å²) in [7, 11) is 1.77. The first-order chi connectivity index (χ1) is 9.26. The monoisotopic (exact) mass is 263 g/mol. The molecule has 0 aliphatic carbocycles.